The first-order chi connectivity index (χ1) is 9.81. The van der Waals surface area contributed by atoms with Gasteiger partial charge in [-0.1, -0.05) is 42.5 Å². The van der Waals surface area contributed by atoms with Crippen LogP contribution in [0.25, 0.3) is 16.8 Å². The van der Waals surface area contributed by atoms with Crippen LogP contribution >= 0.6 is 35.3 Å². The van der Waals surface area contributed by atoms with Crippen molar-refractivity contribution in [3.8, 4) is 0 Å². The summed E-state index contributed by atoms with van der Waals surface area (Å²) in [4.78, 5) is 0. The first-order valence-corrected chi connectivity index (χ1v) is 10.0. The summed E-state index contributed by atoms with van der Waals surface area (Å²) in [6.07, 6.45) is 8.22. The second kappa shape index (κ2) is 6.50. The molecule has 0 spiro atoms. The fourth-order valence-corrected chi connectivity index (χ4v) is 6.46. The molecule has 0 aliphatic carbocycles. The van der Waals surface area contributed by atoms with Gasteiger partial charge in [-0.05, 0) is 52.7 Å². The first kappa shape index (κ1) is 14.4. The van der Waals surface area contributed by atoms with Crippen molar-refractivity contribution >= 4 is 52.1 Å². The van der Waals surface area contributed by atoms with E-state index >= 15 is 0 Å². The monoisotopic (exact) mass is 318 g/mol. The van der Waals surface area contributed by atoms with Crippen LogP contribution in [0.3, 0.4) is 0 Å². The van der Waals surface area contributed by atoms with Gasteiger partial charge in [0.05, 0.1) is 0 Å². The summed E-state index contributed by atoms with van der Waals surface area (Å²) in [6.45, 7) is 0. The lowest BCUT2D eigenvalue weighted by atomic mass is 10.1. The van der Waals surface area contributed by atoms with Gasteiger partial charge >= 0.3 is 0 Å². The maximum absolute atomic E-state index is 2.39. The number of benzene rings is 2. The van der Waals surface area contributed by atoms with E-state index in [-0.39, 0.29) is 3.41 Å². The van der Waals surface area contributed by atoms with Crippen molar-refractivity contribution in [2.24, 2.45) is 0 Å². The van der Waals surface area contributed by atoms with E-state index in [9.17, 15) is 0 Å². The van der Waals surface area contributed by atoms with E-state index in [1.54, 1.807) is 0 Å². The summed E-state index contributed by atoms with van der Waals surface area (Å²) in [5.41, 5.74) is 1.30. The van der Waals surface area contributed by atoms with Crippen molar-refractivity contribution in [3.05, 3.63) is 54.1 Å². The van der Waals surface area contributed by atoms with Crippen LogP contribution in [0.15, 0.2) is 48.5 Å². The average Bonchev–Trinajstić information content (AvgIpc) is 2.54. The molecule has 1 aliphatic heterocycles. The minimum atomic E-state index is 0.212. The Morgan fingerprint density at radius 3 is 2.55 bits per heavy atom. The van der Waals surface area contributed by atoms with E-state index in [1.165, 1.54) is 34.3 Å². The topological polar surface area (TPSA) is 0 Å². The van der Waals surface area contributed by atoms with Gasteiger partial charge in [0.1, 0.15) is 3.41 Å². The zero-order valence-electron chi connectivity index (χ0n) is 11.5. The Balaban J connectivity index is 1.85. The van der Waals surface area contributed by atoms with Crippen molar-refractivity contribution in [3.63, 3.8) is 0 Å². The van der Waals surface area contributed by atoms with Crippen LogP contribution in [0.2, 0.25) is 0 Å². The molecule has 1 fully saturated rings. The van der Waals surface area contributed by atoms with Gasteiger partial charge in [-0.25, -0.2) is 0 Å². The van der Waals surface area contributed by atoms with Gasteiger partial charge in [0, 0.05) is 0 Å². The summed E-state index contributed by atoms with van der Waals surface area (Å²) in [6, 6.07) is 15.2. The largest absolute Gasteiger partial charge is 0.133 e. The molecular formula is C17H18S3. The van der Waals surface area contributed by atoms with Crippen molar-refractivity contribution in [1.29, 1.82) is 0 Å². The second-order valence-corrected chi connectivity index (χ2v) is 9.31. The number of rotatable bonds is 3. The number of hydrogen-bond acceptors (Lipinski definition) is 3. The molecule has 104 valence electrons. The fourth-order valence-electron chi connectivity index (χ4n) is 2.32. The molecule has 1 aliphatic rings. The maximum Gasteiger partial charge on any atom is 0.125 e. The molecule has 20 heavy (non-hydrogen) atoms. The van der Waals surface area contributed by atoms with Gasteiger partial charge < -0.3 is 0 Å². The molecule has 3 rings (SSSR count). The van der Waals surface area contributed by atoms with Crippen LogP contribution < -0.4 is 0 Å². The standard InChI is InChI=1S/C17H18S3/c1-18-17(19-11-4-12-20-17)10-9-14-7-8-15-5-2-3-6-16(15)13-14/h2-3,5-10,13H,4,11-12H2,1H3/b10-9+. The Morgan fingerprint density at radius 1 is 1.05 bits per heavy atom. The molecular weight excluding hydrogens is 300 g/mol. The van der Waals surface area contributed by atoms with Crippen molar-refractivity contribution < 1.29 is 0 Å². The number of fused-ring (bicyclic) bond motifs is 1. The summed E-state index contributed by atoms with van der Waals surface area (Å²) >= 11 is 6.10. The van der Waals surface area contributed by atoms with Gasteiger partial charge in [-0.3, -0.25) is 0 Å². The van der Waals surface area contributed by atoms with Gasteiger partial charge in [-0.2, -0.15) is 0 Å². The van der Waals surface area contributed by atoms with Crippen molar-refractivity contribution in [1.82, 2.24) is 0 Å². The van der Waals surface area contributed by atoms with E-state index in [0.717, 1.165) is 0 Å². The van der Waals surface area contributed by atoms with Crippen molar-refractivity contribution in [2.75, 3.05) is 17.8 Å². The predicted octanol–water partition coefficient (Wildman–Crippen LogP) is 5.74. The normalized spacial score (nSPS) is 18.6. The molecule has 2 aromatic carbocycles. The molecule has 0 aromatic heterocycles. The lowest BCUT2D eigenvalue weighted by molar-refractivity contribution is 1.10. The lowest BCUT2D eigenvalue weighted by Gasteiger charge is -2.31. The molecule has 0 nitrogen and oxygen atoms in total. The maximum atomic E-state index is 2.39. The average molecular weight is 319 g/mol. The summed E-state index contributed by atoms with van der Waals surface area (Å²) in [5, 5.41) is 2.63. The van der Waals surface area contributed by atoms with Crippen LogP contribution in [0, 0.1) is 0 Å². The van der Waals surface area contributed by atoms with Gasteiger partial charge in [0.25, 0.3) is 0 Å². The third kappa shape index (κ3) is 3.21. The van der Waals surface area contributed by atoms with E-state index in [2.05, 4.69) is 84.4 Å². The highest BCUT2D eigenvalue weighted by Crippen LogP contribution is 2.50. The zero-order valence-corrected chi connectivity index (χ0v) is 14.0. The molecule has 0 saturated carbocycles. The minimum Gasteiger partial charge on any atom is -0.133 e. The van der Waals surface area contributed by atoms with Crippen LogP contribution in [0.1, 0.15) is 12.0 Å². The number of thioether (sulfide) groups is 3. The predicted molar refractivity (Wildman–Crippen MR) is 98.8 cm³/mol. The molecule has 0 N–H and O–H groups in total. The van der Waals surface area contributed by atoms with Crippen LogP contribution in [0.4, 0.5) is 0 Å². The highest BCUT2D eigenvalue weighted by molar-refractivity contribution is 8.34. The highest BCUT2D eigenvalue weighted by atomic mass is 32.3. The first-order valence-electron chi connectivity index (χ1n) is 6.82. The highest BCUT2D eigenvalue weighted by Gasteiger charge is 2.29. The van der Waals surface area contributed by atoms with E-state index in [4.69, 9.17) is 0 Å². The van der Waals surface area contributed by atoms with E-state index in [0.29, 0.717) is 0 Å². The lowest BCUT2D eigenvalue weighted by Crippen LogP contribution is -2.17. The molecule has 0 amide bonds. The fraction of sp³-hybridized carbons (Fsp3) is 0.294. The SMILES string of the molecule is CSC1(/C=C/c2ccc3ccccc3c2)SCCCS1. The van der Waals surface area contributed by atoms with Gasteiger partial charge in [0.2, 0.25) is 0 Å². The molecule has 2 aromatic rings. The Kier molecular flexibility index (Phi) is 4.69. The molecule has 1 heterocycles. The molecule has 0 radical (unpaired) electrons. The molecule has 0 bridgehead atoms. The molecule has 3 heteroatoms. The number of hydrogen-bond donors (Lipinski definition) is 0. The van der Waals surface area contributed by atoms with Crippen LogP contribution in [-0.4, -0.2) is 21.2 Å². The smallest absolute Gasteiger partial charge is 0.125 e. The summed E-state index contributed by atoms with van der Waals surface area (Å²) in [5.74, 6) is 2.55. The third-order valence-corrected chi connectivity index (χ3v) is 8.61. The summed E-state index contributed by atoms with van der Waals surface area (Å²) < 4.78 is 0.212. The summed E-state index contributed by atoms with van der Waals surface area (Å²) in [7, 11) is 0. The second-order valence-electron chi connectivity index (χ2n) is 4.80. The van der Waals surface area contributed by atoms with Crippen molar-refractivity contribution in [2.45, 2.75) is 9.83 Å². The van der Waals surface area contributed by atoms with Gasteiger partial charge in [-0.15, -0.1) is 35.3 Å². The van der Waals surface area contributed by atoms with Gasteiger partial charge in [0.15, 0.2) is 0 Å². The Labute approximate surface area is 133 Å². The Morgan fingerprint density at radius 2 is 1.80 bits per heavy atom. The third-order valence-electron chi connectivity index (χ3n) is 3.43. The van der Waals surface area contributed by atoms with E-state index in [1.807, 2.05) is 11.8 Å². The Hall–Kier alpha value is -0.510. The van der Waals surface area contributed by atoms with Crippen LogP contribution in [0.5, 0.6) is 0 Å². The van der Waals surface area contributed by atoms with Crippen LogP contribution in [-0.2, 0) is 0 Å². The minimum absolute atomic E-state index is 0.212. The molecule has 1 saturated heterocycles. The quantitative estimate of drug-likeness (QED) is 0.708. The molecule has 0 atom stereocenters. The Bertz CT molecular complexity index is 612. The molecule has 0 unspecified atom stereocenters. The van der Waals surface area contributed by atoms with E-state index < -0.39 is 0 Å². The zero-order chi connectivity index (χ0) is 13.8.